The third-order valence-corrected chi connectivity index (χ3v) is 2.91. The highest BCUT2D eigenvalue weighted by atomic mass is 35.5. The summed E-state index contributed by atoms with van der Waals surface area (Å²) in [6.45, 7) is 3.10. The monoisotopic (exact) mass is 228 g/mol. The van der Waals surface area contributed by atoms with Crippen molar-refractivity contribution < 1.29 is 14.6 Å². The first-order chi connectivity index (χ1) is 7.24. The second-order valence-corrected chi connectivity index (χ2v) is 3.87. The number of hydrogen-bond acceptors (Lipinski definition) is 3. The van der Waals surface area contributed by atoms with E-state index in [2.05, 4.69) is 0 Å². The largest absolute Gasteiger partial charge is 0.486 e. The van der Waals surface area contributed by atoms with Gasteiger partial charge in [0.15, 0.2) is 11.5 Å². The van der Waals surface area contributed by atoms with Crippen molar-refractivity contribution in [3.8, 4) is 11.5 Å². The molecule has 0 amide bonds. The van der Waals surface area contributed by atoms with Gasteiger partial charge < -0.3 is 14.6 Å². The summed E-state index contributed by atoms with van der Waals surface area (Å²) in [5.74, 6) is 1.41. The van der Waals surface area contributed by atoms with Gasteiger partial charge in [0.1, 0.15) is 13.2 Å². The molecule has 0 bridgehead atoms. The standard InChI is InChI=1S/C11H13ClO3/c1-7-8(2-3-13)11-10(6-9(7)12)14-4-5-15-11/h6,13H,2-5H2,1H3. The van der Waals surface area contributed by atoms with Crippen LogP contribution in [0.15, 0.2) is 6.07 Å². The number of hydrogen-bond donors (Lipinski definition) is 1. The highest BCUT2D eigenvalue weighted by Crippen LogP contribution is 2.39. The Balaban J connectivity index is 2.52. The molecule has 0 fully saturated rings. The number of benzene rings is 1. The van der Waals surface area contributed by atoms with Crippen molar-refractivity contribution in [2.24, 2.45) is 0 Å². The molecule has 1 aliphatic heterocycles. The Morgan fingerprint density at radius 1 is 1.40 bits per heavy atom. The van der Waals surface area contributed by atoms with Crippen LogP contribution in [0.1, 0.15) is 11.1 Å². The fourth-order valence-corrected chi connectivity index (χ4v) is 1.94. The number of aliphatic hydroxyl groups is 1. The quantitative estimate of drug-likeness (QED) is 0.841. The second-order valence-electron chi connectivity index (χ2n) is 3.46. The predicted octanol–water partition coefficient (Wildman–Crippen LogP) is 1.95. The maximum absolute atomic E-state index is 9.00. The molecule has 0 saturated heterocycles. The minimum atomic E-state index is 0.0803. The van der Waals surface area contributed by atoms with E-state index >= 15 is 0 Å². The Morgan fingerprint density at radius 3 is 2.87 bits per heavy atom. The number of ether oxygens (including phenoxy) is 2. The molecule has 4 heteroatoms. The van der Waals surface area contributed by atoms with Gasteiger partial charge in [-0.1, -0.05) is 11.6 Å². The average molecular weight is 229 g/mol. The second kappa shape index (κ2) is 4.29. The zero-order chi connectivity index (χ0) is 10.8. The first kappa shape index (κ1) is 10.6. The summed E-state index contributed by atoms with van der Waals surface area (Å²) in [5.41, 5.74) is 1.90. The summed E-state index contributed by atoms with van der Waals surface area (Å²) >= 11 is 6.07. The zero-order valence-electron chi connectivity index (χ0n) is 8.55. The van der Waals surface area contributed by atoms with E-state index in [1.165, 1.54) is 0 Å². The normalized spacial score (nSPS) is 14.1. The van der Waals surface area contributed by atoms with Crippen LogP contribution in [-0.2, 0) is 6.42 Å². The van der Waals surface area contributed by atoms with Crippen LogP contribution in [-0.4, -0.2) is 24.9 Å². The summed E-state index contributed by atoms with van der Waals surface area (Å²) in [6.07, 6.45) is 0.540. The van der Waals surface area contributed by atoms with E-state index < -0.39 is 0 Å². The molecule has 0 aromatic heterocycles. The van der Waals surface area contributed by atoms with Crippen molar-refractivity contribution in [3.05, 3.63) is 22.2 Å². The van der Waals surface area contributed by atoms with Gasteiger partial charge in [-0.25, -0.2) is 0 Å². The van der Waals surface area contributed by atoms with Crippen molar-refractivity contribution >= 4 is 11.6 Å². The minimum absolute atomic E-state index is 0.0803. The van der Waals surface area contributed by atoms with Gasteiger partial charge in [-0.3, -0.25) is 0 Å². The third-order valence-electron chi connectivity index (χ3n) is 2.52. The molecule has 1 aromatic rings. The smallest absolute Gasteiger partial charge is 0.164 e. The summed E-state index contributed by atoms with van der Waals surface area (Å²) in [4.78, 5) is 0. The number of aliphatic hydroxyl groups excluding tert-OH is 1. The van der Waals surface area contributed by atoms with Crippen molar-refractivity contribution in [2.45, 2.75) is 13.3 Å². The number of halogens is 1. The third kappa shape index (κ3) is 1.90. The van der Waals surface area contributed by atoms with Gasteiger partial charge in [0.05, 0.1) is 0 Å². The Kier molecular flexibility index (Phi) is 3.03. The summed E-state index contributed by atoms with van der Waals surface area (Å²) in [6, 6.07) is 1.77. The van der Waals surface area contributed by atoms with Crippen LogP contribution in [0.5, 0.6) is 11.5 Å². The van der Waals surface area contributed by atoms with Crippen molar-refractivity contribution in [1.29, 1.82) is 0 Å². The maximum Gasteiger partial charge on any atom is 0.164 e. The Hall–Kier alpha value is -0.930. The molecule has 0 unspecified atom stereocenters. The highest BCUT2D eigenvalue weighted by Gasteiger charge is 2.19. The van der Waals surface area contributed by atoms with Crippen LogP contribution >= 0.6 is 11.6 Å². The molecule has 1 aliphatic rings. The molecule has 1 N–H and O–H groups in total. The zero-order valence-corrected chi connectivity index (χ0v) is 9.30. The van der Waals surface area contributed by atoms with Crippen molar-refractivity contribution in [1.82, 2.24) is 0 Å². The SMILES string of the molecule is Cc1c(Cl)cc2c(c1CCO)OCCO2. The fraction of sp³-hybridized carbons (Fsp3) is 0.455. The Bertz CT molecular complexity index is 377. The average Bonchev–Trinajstić information content (AvgIpc) is 2.25. The van der Waals surface area contributed by atoms with Crippen LogP contribution in [0, 0.1) is 6.92 Å². The first-order valence-electron chi connectivity index (χ1n) is 4.92. The van der Waals surface area contributed by atoms with Crippen molar-refractivity contribution in [3.63, 3.8) is 0 Å². The van der Waals surface area contributed by atoms with E-state index in [9.17, 15) is 0 Å². The van der Waals surface area contributed by atoms with Gasteiger partial charge >= 0.3 is 0 Å². The molecule has 1 heterocycles. The highest BCUT2D eigenvalue weighted by molar-refractivity contribution is 6.31. The molecule has 3 nitrogen and oxygen atoms in total. The molecule has 0 radical (unpaired) electrons. The summed E-state index contributed by atoms with van der Waals surface area (Å²) in [5, 5.41) is 9.65. The van der Waals surface area contributed by atoms with Crippen LogP contribution in [0.2, 0.25) is 5.02 Å². The molecular formula is C11H13ClO3. The van der Waals surface area contributed by atoms with Gasteiger partial charge in [0, 0.05) is 23.3 Å². The molecule has 1 aromatic carbocycles. The van der Waals surface area contributed by atoms with Gasteiger partial charge in [0.25, 0.3) is 0 Å². The Labute approximate surface area is 93.6 Å². The molecule has 2 rings (SSSR count). The van der Waals surface area contributed by atoms with Crippen LogP contribution < -0.4 is 9.47 Å². The lowest BCUT2D eigenvalue weighted by molar-refractivity contribution is 0.169. The summed E-state index contributed by atoms with van der Waals surface area (Å²) < 4.78 is 11.0. The van der Waals surface area contributed by atoms with Crippen LogP contribution in [0.25, 0.3) is 0 Å². The first-order valence-corrected chi connectivity index (χ1v) is 5.30. The van der Waals surface area contributed by atoms with Gasteiger partial charge in [-0.05, 0) is 18.9 Å². The number of fused-ring (bicyclic) bond motifs is 1. The number of rotatable bonds is 2. The lowest BCUT2D eigenvalue weighted by Crippen LogP contribution is -2.17. The van der Waals surface area contributed by atoms with E-state index in [1.54, 1.807) is 6.07 Å². The molecular weight excluding hydrogens is 216 g/mol. The van der Waals surface area contributed by atoms with E-state index in [-0.39, 0.29) is 6.61 Å². The Morgan fingerprint density at radius 2 is 2.13 bits per heavy atom. The fourth-order valence-electron chi connectivity index (χ4n) is 1.73. The molecule has 0 spiro atoms. The van der Waals surface area contributed by atoms with Crippen molar-refractivity contribution in [2.75, 3.05) is 19.8 Å². The van der Waals surface area contributed by atoms with E-state index in [0.717, 1.165) is 16.9 Å². The molecule has 0 aliphatic carbocycles. The topological polar surface area (TPSA) is 38.7 Å². The van der Waals surface area contributed by atoms with E-state index in [0.29, 0.717) is 30.4 Å². The molecule has 0 atom stereocenters. The van der Waals surface area contributed by atoms with Gasteiger partial charge in [-0.2, -0.15) is 0 Å². The van der Waals surface area contributed by atoms with Gasteiger partial charge in [0.2, 0.25) is 0 Å². The van der Waals surface area contributed by atoms with Crippen LogP contribution in [0.3, 0.4) is 0 Å². The van der Waals surface area contributed by atoms with Gasteiger partial charge in [-0.15, -0.1) is 0 Å². The molecule has 82 valence electrons. The maximum atomic E-state index is 9.00. The predicted molar refractivity (Wildman–Crippen MR) is 58.0 cm³/mol. The lowest BCUT2D eigenvalue weighted by Gasteiger charge is -2.23. The molecule has 0 saturated carbocycles. The lowest BCUT2D eigenvalue weighted by atomic mass is 10.0. The molecule has 15 heavy (non-hydrogen) atoms. The van der Waals surface area contributed by atoms with Crippen LogP contribution in [0.4, 0.5) is 0 Å². The summed E-state index contributed by atoms with van der Waals surface area (Å²) in [7, 11) is 0. The van der Waals surface area contributed by atoms with E-state index in [1.807, 2.05) is 6.92 Å². The van der Waals surface area contributed by atoms with E-state index in [4.69, 9.17) is 26.2 Å². The minimum Gasteiger partial charge on any atom is -0.486 e.